The summed E-state index contributed by atoms with van der Waals surface area (Å²) in [7, 11) is 0. The number of hydrogen-bond acceptors (Lipinski definition) is 23. The quantitative estimate of drug-likeness (QED) is 0.0739. The van der Waals surface area contributed by atoms with E-state index in [2.05, 4.69) is 34.6 Å². The van der Waals surface area contributed by atoms with Crippen molar-refractivity contribution in [2.45, 2.75) is 260 Å². The van der Waals surface area contributed by atoms with Crippen LogP contribution in [0.4, 0.5) is 0 Å². The number of aliphatic hydroxyl groups excluding tert-OH is 14. The van der Waals surface area contributed by atoms with Gasteiger partial charge in [0.25, 0.3) is 0 Å². The van der Waals surface area contributed by atoms with Crippen LogP contribution in [0.1, 0.15) is 113 Å². The van der Waals surface area contributed by atoms with Gasteiger partial charge in [-0.1, -0.05) is 34.6 Å². The third kappa shape index (κ3) is 9.58. The number of rotatable bonds is 15. The van der Waals surface area contributed by atoms with Crippen molar-refractivity contribution in [2.24, 2.45) is 50.7 Å². The largest absolute Gasteiger partial charge is 0.394 e. The zero-order valence-electron chi connectivity index (χ0n) is 45.0. The van der Waals surface area contributed by atoms with Crippen LogP contribution >= 0.6 is 0 Å². The van der Waals surface area contributed by atoms with Crippen molar-refractivity contribution in [3.63, 3.8) is 0 Å². The molecule has 9 rings (SSSR count). The lowest BCUT2D eigenvalue weighted by atomic mass is 9.41. The van der Waals surface area contributed by atoms with Crippen molar-refractivity contribution >= 4 is 0 Å². The molecule has 440 valence electrons. The molecule has 0 aromatic rings. The Kier molecular flexibility index (Phi) is 16.8. The van der Waals surface area contributed by atoms with E-state index in [0.29, 0.717) is 32.1 Å². The number of ether oxygens (including phenoxy) is 8. The minimum absolute atomic E-state index is 0.0436. The molecule has 0 aromatic carbocycles. The number of aliphatic hydroxyl groups is 15. The average Bonchev–Trinajstić information content (AvgIpc) is 4.01. The fourth-order valence-corrected chi connectivity index (χ4v) is 17.2. The van der Waals surface area contributed by atoms with Crippen LogP contribution in [0.15, 0.2) is 0 Å². The van der Waals surface area contributed by atoms with E-state index >= 15 is 0 Å². The lowest BCUT2D eigenvalue weighted by Gasteiger charge is -2.65. The molecule has 1 unspecified atom stereocenters. The van der Waals surface area contributed by atoms with Crippen molar-refractivity contribution in [1.82, 2.24) is 0 Å². The molecule has 2 spiro atoms. The zero-order chi connectivity index (χ0) is 55.7. The zero-order valence-corrected chi connectivity index (χ0v) is 45.0. The highest BCUT2D eigenvalue weighted by atomic mass is 16.8. The van der Waals surface area contributed by atoms with Gasteiger partial charge in [-0.05, 0) is 129 Å². The minimum Gasteiger partial charge on any atom is -0.394 e. The van der Waals surface area contributed by atoms with Crippen LogP contribution < -0.4 is 0 Å². The molecule has 15 N–H and O–H groups in total. The van der Waals surface area contributed by atoms with Gasteiger partial charge in [0, 0.05) is 0 Å². The van der Waals surface area contributed by atoms with Crippen molar-refractivity contribution in [3.8, 4) is 0 Å². The highest BCUT2D eigenvalue weighted by Gasteiger charge is 2.85. The van der Waals surface area contributed by atoms with E-state index in [1.165, 1.54) is 6.92 Å². The summed E-state index contributed by atoms with van der Waals surface area (Å²) in [6.07, 6.45) is -26.0. The molecule has 4 heterocycles. The van der Waals surface area contributed by atoms with Crippen LogP contribution in [-0.2, 0) is 37.9 Å². The van der Waals surface area contributed by atoms with Crippen LogP contribution in [0.3, 0.4) is 0 Å². The standard InChI is InChI=1S/C53H90O23/c1-21(9-10-30(49(5,6)68)75-46-41(67)38(64)35(61)27(18-55)73-46)31-23(56)16-51(8)28-15-25(71-45-40(66)37(63)34(60)26(17-54)72-45)43-48(3,4)29(11-12-53(43)20-52(28,53)14-13-50(31,51)7)74-47-42(33(59)24(57)19-69-47)76-44-39(65)36(62)32(58)22(2)70-44/h21-47,54-68H,9-20H2,1-8H3/t21-,22+,23+,24-,25+,26-,27-,28+,29+,30+,31+,32+,33+,34-,35-,36-,37+,38+,39-,40-,41-,42-,43?,44+,45-,46+,47+,50-,51+,52+,53-/m1/s1. The van der Waals surface area contributed by atoms with Gasteiger partial charge in [-0.2, -0.15) is 0 Å². The van der Waals surface area contributed by atoms with Crippen molar-refractivity contribution in [1.29, 1.82) is 0 Å². The molecule has 0 radical (unpaired) electrons. The Morgan fingerprint density at radius 1 is 0.605 bits per heavy atom. The molecular formula is C53H90O23. The summed E-state index contributed by atoms with van der Waals surface area (Å²) >= 11 is 0. The second-order valence-corrected chi connectivity index (χ2v) is 26.3. The smallest absolute Gasteiger partial charge is 0.187 e. The third-order valence-electron chi connectivity index (χ3n) is 21.4. The molecule has 9 fully saturated rings. The van der Waals surface area contributed by atoms with Crippen LogP contribution in [0.5, 0.6) is 0 Å². The van der Waals surface area contributed by atoms with Gasteiger partial charge in [-0.25, -0.2) is 0 Å². The minimum atomic E-state index is -1.72. The van der Waals surface area contributed by atoms with E-state index in [1.807, 2.05) is 0 Å². The van der Waals surface area contributed by atoms with E-state index in [1.54, 1.807) is 13.8 Å². The highest BCUT2D eigenvalue weighted by Crippen LogP contribution is 2.89. The molecule has 4 saturated heterocycles. The number of hydrogen-bond donors (Lipinski definition) is 15. The van der Waals surface area contributed by atoms with E-state index in [9.17, 15) is 76.6 Å². The summed E-state index contributed by atoms with van der Waals surface area (Å²) in [5.41, 5.74) is -3.77. The maximum absolute atomic E-state index is 12.4. The van der Waals surface area contributed by atoms with Gasteiger partial charge in [0.2, 0.25) is 0 Å². The first-order chi connectivity index (χ1) is 35.4. The summed E-state index contributed by atoms with van der Waals surface area (Å²) in [6.45, 7) is 13.7. The van der Waals surface area contributed by atoms with Gasteiger partial charge < -0.3 is 114 Å². The second-order valence-electron chi connectivity index (χ2n) is 26.3. The van der Waals surface area contributed by atoms with E-state index in [-0.39, 0.29) is 47.5 Å². The molecule has 0 amide bonds. The Morgan fingerprint density at radius 2 is 1.18 bits per heavy atom. The van der Waals surface area contributed by atoms with Gasteiger partial charge in [-0.15, -0.1) is 0 Å². The molecule has 9 aliphatic rings. The SMILES string of the molecule is C[C@H](CC[C@H](O[C@@H]1O[C@H](CO)[C@@H](O)[C@H](O)[C@H]1O)C(C)(C)O)[C@H]1[C@@H](O)C[C@@]2(C)[C@@H]3C[C@H](O[C@@H]4O[C@H](CO)[C@@H](O)[C@H](O)[C@H]4O)C4C(C)(C)[C@@H](O[C@@H]5OC[C@@H](O)[C@H](O)[C@H]5O[C@@H]5O[C@@H](C)[C@H](O)[C@@H](O)[C@H]5O)CC[C@@]45C[C@@]35CC[C@]12C. The molecule has 4 aliphatic heterocycles. The summed E-state index contributed by atoms with van der Waals surface area (Å²) < 4.78 is 49.6. The predicted molar refractivity (Wildman–Crippen MR) is 259 cm³/mol. The monoisotopic (exact) mass is 1090 g/mol. The molecule has 31 atom stereocenters. The van der Waals surface area contributed by atoms with E-state index < -0.39 is 176 Å². The van der Waals surface area contributed by atoms with Crippen LogP contribution in [-0.4, -0.2) is 243 Å². The summed E-state index contributed by atoms with van der Waals surface area (Å²) in [6, 6.07) is 0. The van der Waals surface area contributed by atoms with E-state index in [0.717, 1.165) is 19.3 Å². The first kappa shape index (κ1) is 59.7. The fraction of sp³-hybridized carbons (Fsp3) is 1.00. The lowest BCUT2D eigenvalue weighted by Crippen LogP contribution is -2.65. The molecule has 5 saturated carbocycles. The van der Waals surface area contributed by atoms with Gasteiger partial charge in [0.15, 0.2) is 25.2 Å². The molecule has 0 bridgehead atoms. The first-order valence-electron chi connectivity index (χ1n) is 27.7. The Hall–Kier alpha value is -0.920. The van der Waals surface area contributed by atoms with Gasteiger partial charge >= 0.3 is 0 Å². The molecule has 76 heavy (non-hydrogen) atoms. The summed E-state index contributed by atoms with van der Waals surface area (Å²) in [5.74, 6) is -0.714. The van der Waals surface area contributed by atoms with E-state index in [4.69, 9.17) is 37.9 Å². The molecule has 23 heteroatoms. The Morgan fingerprint density at radius 3 is 1.79 bits per heavy atom. The van der Waals surface area contributed by atoms with Crippen molar-refractivity contribution < 1.29 is 114 Å². The highest BCUT2D eigenvalue weighted by molar-refractivity contribution is 5.33. The first-order valence-corrected chi connectivity index (χ1v) is 27.7. The fourth-order valence-electron chi connectivity index (χ4n) is 17.2. The van der Waals surface area contributed by atoms with Crippen molar-refractivity contribution in [3.05, 3.63) is 0 Å². The molecule has 0 aromatic heterocycles. The van der Waals surface area contributed by atoms with Gasteiger partial charge in [-0.3, -0.25) is 0 Å². The van der Waals surface area contributed by atoms with Crippen LogP contribution in [0, 0.1) is 50.7 Å². The molecule has 5 aliphatic carbocycles. The Labute approximate surface area is 443 Å². The summed E-state index contributed by atoms with van der Waals surface area (Å²) in [5, 5.41) is 163. The van der Waals surface area contributed by atoms with Crippen LogP contribution in [0.2, 0.25) is 0 Å². The van der Waals surface area contributed by atoms with Gasteiger partial charge in [0.05, 0.1) is 55.9 Å². The van der Waals surface area contributed by atoms with Gasteiger partial charge in [0.1, 0.15) is 85.5 Å². The topological polar surface area (TPSA) is 377 Å². The normalized spacial score (nSPS) is 54.9. The molecule has 23 nitrogen and oxygen atoms in total. The average molecular weight is 1100 g/mol. The molecular weight excluding hydrogens is 1000 g/mol. The third-order valence-corrected chi connectivity index (χ3v) is 21.4. The van der Waals surface area contributed by atoms with Crippen molar-refractivity contribution in [2.75, 3.05) is 19.8 Å². The second kappa shape index (κ2) is 21.4. The predicted octanol–water partition coefficient (Wildman–Crippen LogP) is -2.76. The maximum atomic E-state index is 12.4. The number of fused-ring (bicyclic) bond motifs is 2. The summed E-state index contributed by atoms with van der Waals surface area (Å²) in [4.78, 5) is 0. The maximum Gasteiger partial charge on any atom is 0.187 e. The Balaban J connectivity index is 0.988. The lowest BCUT2D eigenvalue weighted by molar-refractivity contribution is -0.366. The Bertz CT molecular complexity index is 1990. The van der Waals surface area contributed by atoms with Crippen LogP contribution in [0.25, 0.3) is 0 Å².